The van der Waals surface area contributed by atoms with Crippen molar-refractivity contribution >= 4 is 0 Å². The van der Waals surface area contributed by atoms with Gasteiger partial charge in [0.15, 0.2) is 0 Å². The van der Waals surface area contributed by atoms with Gasteiger partial charge in [0.2, 0.25) is 0 Å². The van der Waals surface area contributed by atoms with Gasteiger partial charge in [-0.05, 0) is 26.7 Å². The lowest BCUT2D eigenvalue weighted by atomic mass is 9.92. The van der Waals surface area contributed by atoms with Crippen molar-refractivity contribution in [2.24, 2.45) is 0 Å². The summed E-state index contributed by atoms with van der Waals surface area (Å²) in [6, 6.07) is 0.441. The second-order valence-electron chi connectivity index (χ2n) is 4.03. The Morgan fingerprint density at radius 2 is 2.38 bits per heavy atom. The van der Waals surface area contributed by atoms with E-state index in [4.69, 9.17) is 4.74 Å². The van der Waals surface area contributed by atoms with Crippen LogP contribution in [0.1, 0.15) is 33.6 Å². The van der Waals surface area contributed by atoms with E-state index in [1.807, 2.05) is 6.92 Å². The van der Waals surface area contributed by atoms with Crippen LogP contribution in [-0.4, -0.2) is 36.0 Å². The lowest BCUT2D eigenvalue weighted by Gasteiger charge is -2.34. The Hall–Kier alpha value is -0.120. The standard InChI is InChI=1S/C10H21NO2/c1-4-8(2)11-10(7-12)5-6-13-9(10)3/h8-9,11-12H,4-7H2,1-3H3. The summed E-state index contributed by atoms with van der Waals surface area (Å²) in [6.45, 7) is 7.23. The minimum Gasteiger partial charge on any atom is -0.394 e. The maximum absolute atomic E-state index is 9.39. The highest BCUT2D eigenvalue weighted by atomic mass is 16.5. The lowest BCUT2D eigenvalue weighted by Crippen LogP contribution is -2.56. The smallest absolute Gasteiger partial charge is 0.0751 e. The van der Waals surface area contributed by atoms with E-state index in [1.54, 1.807) is 0 Å². The Morgan fingerprint density at radius 1 is 1.69 bits per heavy atom. The molecule has 1 saturated heterocycles. The highest BCUT2D eigenvalue weighted by molar-refractivity contribution is 4.98. The average Bonchev–Trinajstić information content (AvgIpc) is 2.48. The molecule has 1 fully saturated rings. The van der Waals surface area contributed by atoms with E-state index in [0.717, 1.165) is 19.4 Å². The molecule has 3 nitrogen and oxygen atoms in total. The Bertz CT molecular complexity index is 163. The van der Waals surface area contributed by atoms with Crippen molar-refractivity contribution in [3.05, 3.63) is 0 Å². The van der Waals surface area contributed by atoms with Crippen LogP contribution in [0.5, 0.6) is 0 Å². The molecule has 3 heteroatoms. The maximum Gasteiger partial charge on any atom is 0.0751 e. The summed E-state index contributed by atoms with van der Waals surface area (Å²) < 4.78 is 5.48. The minimum absolute atomic E-state index is 0.117. The molecule has 0 saturated carbocycles. The van der Waals surface area contributed by atoms with Gasteiger partial charge < -0.3 is 15.2 Å². The molecule has 1 heterocycles. The van der Waals surface area contributed by atoms with Crippen molar-refractivity contribution in [3.8, 4) is 0 Å². The van der Waals surface area contributed by atoms with E-state index in [2.05, 4.69) is 19.2 Å². The monoisotopic (exact) mass is 187 g/mol. The first-order valence-corrected chi connectivity index (χ1v) is 5.15. The van der Waals surface area contributed by atoms with E-state index >= 15 is 0 Å². The number of aliphatic hydroxyl groups excluding tert-OH is 1. The summed E-state index contributed by atoms with van der Waals surface area (Å²) in [6.07, 6.45) is 2.11. The van der Waals surface area contributed by atoms with E-state index in [9.17, 15) is 5.11 Å². The van der Waals surface area contributed by atoms with Crippen LogP contribution in [0, 0.1) is 0 Å². The van der Waals surface area contributed by atoms with Crippen LogP contribution in [-0.2, 0) is 4.74 Å². The molecular weight excluding hydrogens is 166 g/mol. The average molecular weight is 187 g/mol. The zero-order valence-corrected chi connectivity index (χ0v) is 8.84. The zero-order chi connectivity index (χ0) is 9.90. The molecule has 78 valence electrons. The second-order valence-corrected chi connectivity index (χ2v) is 4.03. The molecule has 3 unspecified atom stereocenters. The van der Waals surface area contributed by atoms with Gasteiger partial charge in [0, 0.05) is 12.6 Å². The summed E-state index contributed by atoms with van der Waals surface area (Å²) in [5.41, 5.74) is -0.199. The van der Waals surface area contributed by atoms with E-state index in [1.165, 1.54) is 0 Å². The van der Waals surface area contributed by atoms with Crippen molar-refractivity contribution in [2.75, 3.05) is 13.2 Å². The molecule has 13 heavy (non-hydrogen) atoms. The molecule has 1 aliphatic heterocycles. The number of nitrogens with one attached hydrogen (secondary N) is 1. The molecule has 0 aromatic heterocycles. The van der Waals surface area contributed by atoms with E-state index in [0.29, 0.717) is 6.04 Å². The van der Waals surface area contributed by atoms with Crippen molar-refractivity contribution in [3.63, 3.8) is 0 Å². The largest absolute Gasteiger partial charge is 0.394 e. The van der Waals surface area contributed by atoms with Crippen LogP contribution >= 0.6 is 0 Å². The highest BCUT2D eigenvalue weighted by Crippen LogP contribution is 2.26. The van der Waals surface area contributed by atoms with Crippen LogP contribution in [0.3, 0.4) is 0 Å². The third-order valence-electron chi connectivity index (χ3n) is 3.12. The van der Waals surface area contributed by atoms with Crippen molar-refractivity contribution in [2.45, 2.75) is 51.3 Å². The molecule has 0 radical (unpaired) electrons. The van der Waals surface area contributed by atoms with Gasteiger partial charge in [-0.1, -0.05) is 6.92 Å². The van der Waals surface area contributed by atoms with Crippen LogP contribution in [0.4, 0.5) is 0 Å². The van der Waals surface area contributed by atoms with Gasteiger partial charge >= 0.3 is 0 Å². The Labute approximate surface area is 80.5 Å². The maximum atomic E-state index is 9.39. The molecule has 0 aromatic rings. The fourth-order valence-electron chi connectivity index (χ4n) is 1.82. The zero-order valence-electron chi connectivity index (χ0n) is 8.84. The summed E-state index contributed by atoms with van der Waals surface area (Å²) in [5, 5.41) is 12.9. The quantitative estimate of drug-likeness (QED) is 0.687. The molecule has 1 aliphatic rings. The fraction of sp³-hybridized carbons (Fsp3) is 1.00. The van der Waals surface area contributed by atoms with Gasteiger partial charge in [-0.25, -0.2) is 0 Å². The number of ether oxygens (including phenoxy) is 1. The van der Waals surface area contributed by atoms with Crippen LogP contribution < -0.4 is 5.32 Å². The third-order valence-corrected chi connectivity index (χ3v) is 3.12. The van der Waals surface area contributed by atoms with E-state index in [-0.39, 0.29) is 18.2 Å². The van der Waals surface area contributed by atoms with Crippen molar-refractivity contribution < 1.29 is 9.84 Å². The number of hydrogen-bond acceptors (Lipinski definition) is 3. The first-order valence-electron chi connectivity index (χ1n) is 5.15. The van der Waals surface area contributed by atoms with Gasteiger partial charge in [-0.3, -0.25) is 0 Å². The number of aliphatic hydroxyl groups is 1. The lowest BCUT2D eigenvalue weighted by molar-refractivity contribution is 0.0484. The number of rotatable bonds is 4. The van der Waals surface area contributed by atoms with Crippen LogP contribution in [0.15, 0.2) is 0 Å². The third kappa shape index (κ3) is 2.22. The summed E-state index contributed by atoms with van der Waals surface area (Å²) in [7, 11) is 0. The summed E-state index contributed by atoms with van der Waals surface area (Å²) in [5.74, 6) is 0. The molecule has 3 atom stereocenters. The molecule has 1 rings (SSSR count). The van der Waals surface area contributed by atoms with Crippen molar-refractivity contribution in [1.82, 2.24) is 5.32 Å². The molecule has 0 bridgehead atoms. The first-order chi connectivity index (χ1) is 6.14. The summed E-state index contributed by atoms with van der Waals surface area (Å²) in [4.78, 5) is 0. The Kier molecular flexibility index (Phi) is 3.71. The normalized spacial score (nSPS) is 36.5. The molecule has 0 amide bonds. The second kappa shape index (κ2) is 4.40. The Balaban J connectivity index is 2.58. The molecular formula is C10H21NO2. The van der Waals surface area contributed by atoms with Crippen LogP contribution in [0.25, 0.3) is 0 Å². The number of hydrogen-bond donors (Lipinski definition) is 2. The molecule has 0 aliphatic carbocycles. The predicted molar refractivity (Wildman–Crippen MR) is 52.7 cm³/mol. The SMILES string of the molecule is CCC(C)NC1(CO)CCOC1C. The fourth-order valence-corrected chi connectivity index (χ4v) is 1.82. The first kappa shape index (κ1) is 11.0. The van der Waals surface area contributed by atoms with Crippen LogP contribution in [0.2, 0.25) is 0 Å². The molecule has 0 spiro atoms. The van der Waals surface area contributed by atoms with Gasteiger partial charge in [-0.15, -0.1) is 0 Å². The topological polar surface area (TPSA) is 41.5 Å². The molecule has 0 aromatic carbocycles. The van der Waals surface area contributed by atoms with Crippen molar-refractivity contribution in [1.29, 1.82) is 0 Å². The summed E-state index contributed by atoms with van der Waals surface area (Å²) >= 11 is 0. The van der Waals surface area contributed by atoms with E-state index < -0.39 is 0 Å². The predicted octanol–water partition coefficient (Wildman–Crippen LogP) is 0.914. The Morgan fingerprint density at radius 3 is 2.77 bits per heavy atom. The van der Waals surface area contributed by atoms with Gasteiger partial charge in [0.05, 0.1) is 18.2 Å². The van der Waals surface area contributed by atoms with Gasteiger partial charge in [-0.2, -0.15) is 0 Å². The van der Waals surface area contributed by atoms with Gasteiger partial charge in [0.1, 0.15) is 0 Å². The molecule has 2 N–H and O–H groups in total. The van der Waals surface area contributed by atoms with Gasteiger partial charge in [0.25, 0.3) is 0 Å². The highest BCUT2D eigenvalue weighted by Gasteiger charge is 2.41. The minimum atomic E-state index is -0.199.